The minimum absolute atomic E-state index is 0.0444. The molecule has 108 valence electrons. The molecule has 0 aromatic carbocycles. The van der Waals surface area contributed by atoms with E-state index in [1.54, 1.807) is 7.05 Å². The maximum absolute atomic E-state index is 11.9. The van der Waals surface area contributed by atoms with E-state index in [4.69, 9.17) is 0 Å². The highest BCUT2D eigenvalue weighted by Crippen LogP contribution is 2.28. The SMILES string of the molecule is CNC(CS(=O)(=O)CCS(C)(=O)=O)C1CCCC1. The molecule has 0 spiro atoms. The summed E-state index contributed by atoms with van der Waals surface area (Å²) >= 11 is 0. The lowest BCUT2D eigenvalue weighted by Gasteiger charge is -2.22. The Labute approximate surface area is 110 Å². The molecule has 1 aliphatic rings. The van der Waals surface area contributed by atoms with Gasteiger partial charge in [-0.1, -0.05) is 12.8 Å². The van der Waals surface area contributed by atoms with Crippen molar-refractivity contribution in [3.63, 3.8) is 0 Å². The second kappa shape index (κ2) is 6.34. The summed E-state index contributed by atoms with van der Waals surface area (Å²) in [5.41, 5.74) is 0. The van der Waals surface area contributed by atoms with E-state index in [0.717, 1.165) is 31.9 Å². The second-order valence-electron chi connectivity index (χ2n) is 5.18. The lowest BCUT2D eigenvalue weighted by Crippen LogP contribution is -2.40. The molecule has 1 aliphatic carbocycles. The van der Waals surface area contributed by atoms with Crippen LogP contribution in [0.25, 0.3) is 0 Å². The van der Waals surface area contributed by atoms with Crippen molar-refractivity contribution in [1.82, 2.24) is 5.32 Å². The number of hydrogen-bond donors (Lipinski definition) is 1. The van der Waals surface area contributed by atoms with Crippen LogP contribution in [-0.4, -0.2) is 53.4 Å². The van der Waals surface area contributed by atoms with Crippen LogP contribution in [-0.2, 0) is 19.7 Å². The van der Waals surface area contributed by atoms with Crippen LogP contribution in [0.1, 0.15) is 25.7 Å². The Kier molecular flexibility index (Phi) is 5.61. The number of sulfone groups is 2. The summed E-state index contributed by atoms with van der Waals surface area (Å²) in [4.78, 5) is 0. The topological polar surface area (TPSA) is 80.3 Å². The first-order chi connectivity index (χ1) is 8.23. The number of nitrogens with one attached hydrogen (secondary N) is 1. The highest BCUT2D eigenvalue weighted by Gasteiger charge is 2.28. The fraction of sp³-hybridized carbons (Fsp3) is 1.00. The predicted octanol–water partition coefficient (Wildman–Crippen LogP) is 0.224. The Bertz CT molecular complexity index is 449. The van der Waals surface area contributed by atoms with Crippen LogP contribution >= 0.6 is 0 Å². The first-order valence-corrected chi connectivity index (χ1v) is 10.2. The standard InChI is InChI=1S/C11H23NO4S2/c1-12-11(10-5-3-4-6-10)9-18(15,16)8-7-17(2,13)14/h10-12H,3-9H2,1-2H3. The van der Waals surface area contributed by atoms with Gasteiger partial charge in [0.2, 0.25) is 0 Å². The molecule has 1 N–H and O–H groups in total. The van der Waals surface area contributed by atoms with Crippen molar-refractivity contribution in [2.24, 2.45) is 5.92 Å². The molecule has 0 aliphatic heterocycles. The molecule has 1 saturated carbocycles. The molecule has 1 rings (SSSR count). The van der Waals surface area contributed by atoms with Gasteiger partial charge in [0, 0.05) is 12.3 Å². The second-order valence-corrected chi connectivity index (χ2v) is 9.67. The van der Waals surface area contributed by atoms with Gasteiger partial charge in [-0.25, -0.2) is 16.8 Å². The molecule has 5 nitrogen and oxygen atoms in total. The fourth-order valence-electron chi connectivity index (χ4n) is 2.45. The summed E-state index contributed by atoms with van der Waals surface area (Å²) in [5, 5.41) is 3.07. The Morgan fingerprint density at radius 2 is 1.67 bits per heavy atom. The predicted molar refractivity (Wildman–Crippen MR) is 73.2 cm³/mol. The van der Waals surface area contributed by atoms with Gasteiger partial charge in [0.05, 0.1) is 17.3 Å². The van der Waals surface area contributed by atoms with E-state index in [9.17, 15) is 16.8 Å². The first-order valence-electron chi connectivity index (χ1n) is 6.29. The van der Waals surface area contributed by atoms with Crippen molar-refractivity contribution in [3.05, 3.63) is 0 Å². The molecule has 0 saturated heterocycles. The third-order valence-corrected chi connectivity index (χ3v) is 6.44. The van der Waals surface area contributed by atoms with Gasteiger partial charge >= 0.3 is 0 Å². The smallest absolute Gasteiger partial charge is 0.152 e. The van der Waals surface area contributed by atoms with E-state index in [0.29, 0.717) is 5.92 Å². The summed E-state index contributed by atoms with van der Waals surface area (Å²) < 4.78 is 45.8. The van der Waals surface area contributed by atoms with Crippen molar-refractivity contribution >= 4 is 19.7 Å². The van der Waals surface area contributed by atoms with E-state index >= 15 is 0 Å². The molecular weight excluding hydrogens is 274 g/mol. The molecule has 0 bridgehead atoms. The van der Waals surface area contributed by atoms with Gasteiger partial charge in [0.1, 0.15) is 9.84 Å². The van der Waals surface area contributed by atoms with Crippen LogP contribution in [0.2, 0.25) is 0 Å². The summed E-state index contributed by atoms with van der Waals surface area (Å²) in [7, 11) is -4.75. The van der Waals surface area contributed by atoms with E-state index in [1.165, 1.54) is 0 Å². The highest BCUT2D eigenvalue weighted by molar-refractivity contribution is 7.94. The fourth-order valence-corrected chi connectivity index (χ4v) is 5.83. The van der Waals surface area contributed by atoms with Gasteiger partial charge in [0.15, 0.2) is 9.84 Å². The zero-order valence-corrected chi connectivity index (χ0v) is 12.7. The molecule has 0 heterocycles. The normalized spacial score (nSPS) is 20.1. The van der Waals surface area contributed by atoms with Gasteiger partial charge in [-0.2, -0.15) is 0 Å². The van der Waals surface area contributed by atoms with Crippen LogP contribution in [0.4, 0.5) is 0 Å². The van der Waals surface area contributed by atoms with Crippen LogP contribution in [0.15, 0.2) is 0 Å². The van der Waals surface area contributed by atoms with Crippen molar-refractivity contribution in [3.8, 4) is 0 Å². The summed E-state index contributed by atoms with van der Waals surface area (Å²) in [5.74, 6) is -0.0976. The van der Waals surface area contributed by atoms with Crippen LogP contribution in [0.3, 0.4) is 0 Å². The van der Waals surface area contributed by atoms with Gasteiger partial charge in [-0.15, -0.1) is 0 Å². The summed E-state index contributed by atoms with van der Waals surface area (Å²) in [6.07, 6.45) is 5.51. The van der Waals surface area contributed by atoms with Crippen LogP contribution in [0.5, 0.6) is 0 Å². The maximum atomic E-state index is 11.9. The lowest BCUT2D eigenvalue weighted by atomic mass is 10.0. The van der Waals surface area contributed by atoms with Gasteiger partial charge in [0.25, 0.3) is 0 Å². The Hall–Kier alpha value is -0.140. The Morgan fingerprint density at radius 1 is 1.11 bits per heavy atom. The molecule has 0 radical (unpaired) electrons. The van der Waals surface area contributed by atoms with Gasteiger partial charge in [-0.3, -0.25) is 0 Å². The molecule has 0 amide bonds. The monoisotopic (exact) mass is 297 g/mol. The summed E-state index contributed by atoms with van der Waals surface area (Å²) in [6, 6.07) is -0.0444. The number of hydrogen-bond acceptors (Lipinski definition) is 5. The van der Waals surface area contributed by atoms with Crippen LogP contribution in [0, 0.1) is 5.92 Å². The summed E-state index contributed by atoms with van der Waals surface area (Å²) in [6.45, 7) is 0. The zero-order chi connectivity index (χ0) is 13.8. The van der Waals surface area contributed by atoms with Gasteiger partial charge < -0.3 is 5.32 Å². The molecule has 0 aromatic heterocycles. The minimum atomic E-state index is -3.31. The van der Waals surface area contributed by atoms with Gasteiger partial charge in [-0.05, 0) is 25.8 Å². The molecule has 18 heavy (non-hydrogen) atoms. The minimum Gasteiger partial charge on any atom is -0.316 e. The van der Waals surface area contributed by atoms with Crippen molar-refractivity contribution in [1.29, 1.82) is 0 Å². The molecular formula is C11H23NO4S2. The quantitative estimate of drug-likeness (QED) is 0.727. The van der Waals surface area contributed by atoms with E-state index in [2.05, 4.69) is 5.32 Å². The van der Waals surface area contributed by atoms with Crippen molar-refractivity contribution in [2.75, 3.05) is 30.6 Å². The average molecular weight is 297 g/mol. The average Bonchev–Trinajstić information content (AvgIpc) is 2.76. The third kappa shape index (κ3) is 5.67. The molecule has 1 atom stereocenters. The molecule has 7 heteroatoms. The Balaban J connectivity index is 2.57. The van der Waals surface area contributed by atoms with E-state index in [-0.39, 0.29) is 23.3 Å². The number of rotatable bonds is 7. The van der Waals surface area contributed by atoms with E-state index in [1.807, 2.05) is 0 Å². The first kappa shape index (κ1) is 15.9. The maximum Gasteiger partial charge on any atom is 0.152 e. The molecule has 1 unspecified atom stereocenters. The van der Waals surface area contributed by atoms with Crippen molar-refractivity contribution < 1.29 is 16.8 Å². The highest BCUT2D eigenvalue weighted by atomic mass is 32.2. The van der Waals surface area contributed by atoms with Crippen molar-refractivity contribution in [2.45, 2.75) is 31.7 Å². The molecule has 0 aromatic rings. The van der Waals surface area contributed by atoms with E-state index < -0.39 is 19.7 Å². The largest absolute Gasteiger partial charge is 0.316 e. The van der Waals surface area contributed by atoms with Crippen LogP contribution < -0.4 is 5.32 Å². The third-order valence-electron chi connectivity index (χ3n) is 3.54. The molecule has 1 fully saturated rings. The lowest BCUT2D eigenvalue weighted by molar-refractivity contribution is 0.404. The Morgan fingerprint density at radius 3 is 2.11 bits per heavy atom. The zero-order valence-electron chi connectivity index (χ0n) is 11.1.